The standard InChI is InChI=1S/C20H18N2O8/c1-2-27-15-6-4-14(5-7-15)21-19(23)11-28-20(24)8-3-13-9-17-18(30-12-29-17)10-16(13)22(25)26/h3-10H,2,11-12H2,1H3,(H,21,23)/b8-3+. The van der Waals surface area contributed by atoms with Gasteiger partial charge in [-0.1, -0.05) is 0 Å². The number of nitro groups is 1. The Bertz CT molecular complexity index is 985. The minimum absolute atomic E-state index is 0.0365. The number of fused-ring (bicyclic) bond motifs is 1. The molecule has 0 saturated carbocycles. The van der Waals surface area contributed by atoms with Crippen molar-refractivity contribution in [1.29, 1.82) is 0 Å². The molecule has 0 atom stereocenters. The van der Waals surface area contributed by atoms with E-state index in [2.05, 4.69) is 5.32 Å². The average Bonchev–Trinajstić information content (AvgIpc) is 3.19. The zero-order valence-electron chi connectivity index (χ0n) is 16.0. The number of ether oxygens (including phenoxy) is 4. The van der Waals surface area contributed by atoms with E-state index < -0.39 is 23.4 Å². The number of hydrogen-bond donors (Lipinski definition) is 1. The summed E-state index contributed by atoms with van der Waals surface area (Å²) in [5.41, 5.74) is 0.405. The Morgan fingerprint density at radius 2 is 1.90 bits per heavy atom. The molecule has 10 heteroatoms. The van der Waals surface area contributed by atoms with Gasteiger partial charge in [-0.15, -0.1) is 0 Å². The van der Waals surface area contributed by atoms with Crippen molar-refractivity contribution in [1.82, 2.24) is 0 Å². The minimum Gasteiger partial charge on any atom is -0.494 e. The quantitative estimate of drug-likeness (QED) is 0.302. The molecule has 2 aromatic carbocycles. The maximum Gasteiger partial charge on any atom is 0.331 e. The summed E-state index contributed by atoms with van der Waals surface area (Å²) < 4.78 is 20.5. The van der Waals surface area contributed by atoms with Crippen LogP contribution in [0.25, 0.3) is 6.08 Å². The predicted molar refractivity (Wildman–Crippen MR) is 105 cm³/mol. The molecule has 0 unspecified atom stereocenters. The third kappa shape index (κ3) is 5.25. The summed E-state index contributed by atoms with van der Waals surface area (Å²) in [6.07, 6.45) is 2.21. The van der Waals surface area contributed by atoms with Crippen LogP contribution in [0.15, 0.2) is 42.5 Å². The van der Waals surface area contributed by atoms with E-state index in [4.69, 9.17) is 18.9 Å². The van der Waals surface area contributed by atoms with Crippen LogP contribution >= 0.6 is 0 Å². The first-order chi connectivity index (χ1) is 14.5. The predicted octanol–water partition coefficient (Wildman–Crippen LogP) is 2.92. The molecule has 0 fully saturated rings. The molecule has 10 nitrogen and oxygen atoms in total. The number of benzene rings is 2. The van der Waals surface area contributed by atoms with E-state index in [0.29, 0.717) is 23.8 Å². The van der Waals surface area contributed by atoms with Gasteiger partial charge in [-0.3, -0.25) is 14.9 Å². The summed E-state index contributed by atoms with van der Waals surface area (Å²) in [4.78, 5) is 34.4. The Morgan fingerprint density at radius 1 is 1.20 bits per heavy atom. The third-order valence-electron chi connectivity index (χ3n) is 3.91. The van der Waals surface area contributed by atoms with E-state index in [1.54, 1.807) is 24.3 Å². The van der Waals surface area contributed by atoms with E-state index in [1.165, 1.54) is 18.2 Å². The molecule has 0 aliphatic carbocycles. The first-order valence-corrected chi connectivity index (χ1v) is 8.92. The number of amides is 1. The summed E-state index contributed by atoms with van der Waals surface area (Å²) in [5, 5.41) is 13.8. The van der Waals surface area contributed by atoms with Gasteiger partial charge in [0.25, 0.3) is 11.6 Å². The first-order valence-electron chi connectivity index (χ1n) is 8.92. The van der Waals surface area contributed by atoms with Gasteiger partial charge in [0.05, 0.1) is 23.2 Å². The summed E-state index contributed by atoms with van der Waals surface area (Å²) in [6, 6.07) is 9.32. The molecule has 0 saturated heterocycles. The van der Waals surface area contributed by atoms with Crippen LogP contribution < -0.4 is 19.5 Å². The van der Waals surface area contributed by atoms with Crippen LogP contribution in [0.4, 0.5) is 11.4 Å². The van der Waals surface area contributed by atoms with Crippen molar-refractivity contribution in [2.75, 3.05) is 25.3 Å². The van der Waals surface area contributed by atoms with E-state index in [-0.39, 0.29) is 23.8 Å². The highest BCUT2D eigenvalue weighted by atomic mass is 16.7. The van der Waals surface area contributed by atoms with Crippen molar-refractivity contribution in [3.8, 4) is 17.2 Å². The number of carbonyl (C=O) groups excluding carboxylic acids is 2. The number of carbonyl (C=O) groups is 2. The molecule has 0 spiro atoms. The van der Waals surface area contributed by atoms with E-state index in [1.807, 2.05) is 6.92 Å². The fourth-order valence-electron chi connectivity index (χ4n) is 2.58. The zero-order valence-corrected chi connectivity index (χ0v) is 16.0. The van der Waals surface area contributed by atoms with Crippen molar-refractivity contribution in [3.63, 3.8) is 0 Å². The molecular formula is C20H18N2O8. The molecule has 0 bridgehead atoms. The Balaban J connectivity index is 1.55. The summed E-state index contributed by atoms with van der Waals surface area (Å²) in [6.45, 7) is 1.85. The van der Waals surface area contributed by atoms with E-state index in [9.17, 15) is 19.7 Å². The minimum atomic E-state index is -0.830. The lowest BCUT2D eigenvalue weighted by atomic mass is 10.1. The molecule has 2 aromatic rings. The number of esters is 1. The molecular weight excluding hydrogens is 396 g/mol. The second kappa shape index (κ2) is 9.41. The Hall–Kier alpha value is -4.08. The monoisotopic (exact) mass is 414 g/mol. The van der Waals surface area contributed by atoms with Crippen molar-refractivity contribution < 1.29 is 33.5 Å². The van der Waals surface area contributed by atoms with Gasteiger partial charge in [-0.25, -0.2) is 4.79 Å². The van der Waals surface area contributed by atoms with Gasteiger partial charge < -0.3 is 24.3 Å². The van der Waals surface area contributed by atoms with Gasteiger partial charge in [-0.05, 0) is 43.3 Å². The molecule has 1 amide bonds. The Kier molecular flexibility index (Phi) is 6.48. The number of anilines is 1. The second-order valence-electron chi connectivity index (χ2n) is 5.97. The Labute approximate surface area is 171 Å². The van der Waals surface area contributed by atoms with Gasteiger partial charge >= 0.3 is 5.97 Å². The van der Waals surface area contributed by atoms with Crippen LogP contribution in [0.5, 0.6) is 17.2 Å². The molecule has 156 valence electrons. The zero-order chi connectivity index (χ0) is 21.5. The molecule has 0 aromatic heterocycles. The van der Waals surface area contributed by atoms with Crippen molar-refractivity contribution in [3.05, 3.63) is 58.2 Å². The largest absolute Gasteiger partial charge is 0.494 e. The van der Waals surface area contributed by atoms with Crippen molar-refractivity contribution >= 4 is 29.3 Å². The molecule has 0 radical (unpaired) electrons. The highest BCUT2D eigenvalue weighted by Crippen LogP contribution is 2.38. The average molecular weight is 414 g/mol. The van der Waals surface area contributed by atoms with Gasteiger partial charge in [0, 0.05) is 11.8 Å². The molecule has 1 N–H and O–H groups in total. The molecule has 1 aliphatic heterocycles. The molecule has 1 aliphatic rings. The smallest absolute Gasteiger partial charge is 0.331 e. The lowest BCUT2D eigenvalue weighted by molar-refractivity contribution is -0.385. The first kappa shape index (κ1) is 20.6. The summed E-state index contributed by atoms with van der Waals surface area (Å²) >= 11 is 0. The SMILES string of the molecule is CCOc1ccc(NC(=O)COC(=O)/C=C/c2cc3c(cc2[N+](=O)[O-])OCO3)cc1. The third-order valence-corrected chi connectivity index (χ3v) is 3.91. The number of nitro benzene ring substituents is 1. The maximum absolute atomic E-state index is 11.9. The fourth-order valence-corrected chi connectivity index (χ4v) is 2.58. The van der Waals surface area contributed by atoms with Crippen molar-refractivity contribution in [2.45, 2.75) is 6.92 Å². The van der Waals surface area contributed by atoms with Crippen LogP contribution in [0.2, 0.25) is 0 Å². The highest BCUT2D eigenvalue weighted by Gasteiger charge is 2.22. The maximum atomic E-state index is 11.9. The van der Waals surface area contributed by atoms with Gasteiger partial charge in [0.1, 0.15) is 5.75 Å². The number of nitrogens with one attached hydrogen (secondary N) is 1. The van der Waals surface area contributed by atoms with Crippen LogP contribution in [0, 0.1) is 10.1 Å². The topological polar surface area (TPSA) is 126 Å². The van der Waals surface area contributed by atoms with E-state index >= 15 is 0 Å². The van der Waals surface area contributed by atoms with Gasteiger partial charge in [0.2, 0.25) is 6.79 Å². The number of hydrogen-bond acceptors (Lipinski definition) is 8. The molecule has 1 heterocycles. The lowest BCUT2D eigenvalue weighted by Crippen LogP contribution is -2.20. The van der Waals surface area contributed by atoms with Crippen LogP contribution in [-0.2, 0) is 14.3 Å². The van der Waals surface area contributed by atoms with Crippen molar-refractivity contribution in [2.24, 2.45) is 0 Å². The van der Waals surface area contributed by atoms with Crippen LogP contribution in [0.3, 0.4) is 0 Å². The summed E-state index contributed by atoms with van der Waals surface area (Å²) in [7, 11) is 0. The molecule has 30 heavy (non-hydrogen) atoms. The normalized spacial score (nSPS) is 11.9. The van der Waals surface area contributed by atoms with E-state index in [0.717, 1.165) is 6.08 Å². The Morgan fingerprint density at radius 3 is 2.57 bits per heavy atom. The molecule has 3 rings (SSSR count). The highest BCUT2D eigenvalue weighted by molar-refractivity contribution is 5.94. The second-order valence-corrected chi connectivity index (χ2v) is 5.97. The lowest BCUT2D eigenvalue weighted by Gasteiger charge is -2.07. The van der Waals surface area contributed by atoms with Crippen LogP contribution in [0.1, 0.15) is 12.5 Å². The number of rotatable bonds is 8. The number of nitrogens with zero attached hydrogens (tertiary/aromatic N) is 1. The van der Waals surface area contributed by atoms with Gasteiger partial charge in [0.15, 0.2) is 18.1 Å². The fraction of sp³-hybridized carbons (Fsp3) is 0.200. The summed E-state index contributed by atoms with van der Waals surface area (Å²) in [5.74, 6) is -0.0980. The van der Waals surface area contributed by atoms with Gasteiger partial charge in [-0.2, -0.15) is 0 Å². The van der Waals surface area contributed by atoms with Crippen LogP contribution in [-0.4, -0.2) is 36.8 Å².